The normalized spacial score (nSPS) is 13.8. The molecule has 0 amide bonds. The number of carbonyl (C=O) groups excluding carboxylic acids is 2. The summed E-state index contributed by atoms with van der Waals surface area (Å²) in [6, 6.07) is 0. The molecule has 1 unspecified atom stereocenters. The molecule has 0 radical (unpaired) electrons. The van der Waals surface area contributed by atoms with E-state index in [1.54, 1.807) is 0 Å². The molecule has 60 heavy (non-hydrogen) atoms. The summed E-state index contributed by atoms with van der Waals surface area (Å²) < 4.78 is 32.8. The second kappa shape index (κ2) is 45.7. The average Bonchev–Trinajstić information content (AvgIpc) is 3.24. The molecule has 0 saturated heterocycles. The van der Waals surface area contributed by atoms with Crippen molar-refractivity contribution in [2.24, 2.45) is 0 Å². The number of hydrogen-bond donors (Lipinski definition) is 3. The highest BCUT2D eigenvalue weighted by molar-refractivity contribution is 7.47. The molecular formula is C49H95O10P. The first-order valence-electron chi connectivity index (χ1n) is 25.1. The van der Waals surface area contributed by atoms with Crippen LogP contribution in [0.15, 0.2) is 12.2 Å². The van der Waals surface area contributed by atoms with E-state index in [0.717, 1.165) is 51.4 Å². The van der Waals surface area contributed by atoms with E-state index in [2.05, 4.69) is 26.0 Å². The fourth-order valence-corrected chi connectivity index (χ4v) is 8.07. The first-order chi connectivity index (χ1) is 29.2. The number of ether oxygens (including phenoxy) is 2. The van der Waals surface area contributed by atoms with Gasteiger partial charge in [0.05, 0.1) is 19.8 Å². The Kier molecular flexibility index (Phi) is 44.7. The molecule has 0 aliphatic heterocycles. The van der Waals surface area contributed by atoms with Crippen molar-refractivity contribution in [2.75, 3.05) is 26.4 Å². The highest BCUT2D eigenvalue weighted by atomic mass is 31.2. The van der Waals surface area contributed by atoms with Crippen LogP contribution in [-0.2, 0) is 32.7 Å². The highest BCUT2D eigenvalue weighted by Crippen LogP contribution is 2.43. The van der Waals surface area contributed by atoms with E-state index < -0.39 is 51.8 Å². The molecule has 3 atom stereocenters. The van der Waals surface area contributed by atoms with Gasteiger partial charge < -0.3 is 24.6 Å². The first-order valence-corrected chi connectivity index (χ1v) is 26.6. The van der Waals surface area contributed by atoms with Crippen LogP contribution in [0.3, 0.4) is 0 Å². The largest absolute Gasteiger partial charge is 0.472 e. The highest BCUT2D eigenvalue weighted by Gasteiger charge is 2.27. The van der Waals surface area contributed by atoms with Crippen molar-refractivity contribution in [3.63, 3.8) is 0 Å². The minimum atomic E-state index is -4.62. The van der Waals surface area contributed by atoms with Crippen molar-refractivity contribution in [2.45, 2.75) is 264 Å². The number of phosphoric ester groups is 1. The fourth-order valence-electron chi connectivity index (χ4n) is 7.28. The van der Waals surface area contributed by atoms with Crippen molar-refractivity contribution in [3.8, 4) is 0 Å². The van der Waals surface area contributed by atoms with Gasteiger partial charge in [0.25, 0.3) is 0 Å². The maximum absolute atomic E-state index is 12.7. The lowest BCUT2D eigenvalue weighted by atomic mass is 10.0. The third-order valence-electron chi connectivity index (χ3n) is 11.2. The van der Waals surface area contributed by atoms with E-state index in [9.17, 15) is 24.2 Å². The summed E-state index contributed by atoms with van der Waals surface area (Å²) in [4.78, 5) is 35.1. The Hall–Kier alpha value is -1.29. The quantitative estimate of drug-likeness (QED) is 0.0233. The molecule has 0 aromatic heterocycles. The number of carbonyl (C=O) groups is 2. The number of hydrogen-bond acceptors (Lipinski definition) is 9. The van der Waals surface area contributed by atoms with Gasteiger partial charge in [-0.05, 0) is 38.5 Å². The number of allylic oxidation sites excluding steroid dienone is 2. The SMILES string of the molecule is CCCCCCC/C=C/CCCCCCCC(=O)OC[C@H](COP(=O)(O)OC[C@@H](O)CO)OC(=O)CCCCCCCCCCCCCCCCCCCCCCCCC. The molecule has 356 valence electrons. The van der Waals surface area contributed by atoms with Crippen molar-refractivity contribution >= 4 is 19.8 Å². The van der Waals surface area contributed by atoms with E-state index in [1.807, 2.05) is 0 Å². The van der Waals surface area contributed by atoms with Crippen LogP contribution in [-0.4, -0.2) is 65.7 Å². The standard InChI is InChI=1S/C49H95O10P/c1-3-5-7-9-11-13-15-17-19-20-21-22-23-24-25-26-27-29-31-33-35-37-39-41-49(53)59-47(45-58-60(54,55)57-43-46(51)42-50)44-56-48(52)40-38-36-34-32-30-28-18-16-14-12-10-8-6-4-2/h16,18,46-47,50-51H,3-15,17,19-45H2,1-2H3,(H,54,55)/b18-16+/t46-,47+/m0/s1. The Labute approximate surface area is 368 Å². The average molecular weight is 875 g/mol. The molecule has 0 bridgehead atoms. The summed E-state index contributed by atoms with van der Waals surface area (Å²) in [5, 5.41) is 18.4. The first kappa shape index (κ1) is 58.7. The van der Waals surface area contributed by atoms with Crippen molar-refractivity contribution in [3.05, 3.63) is 12.2 Å². The number of phosphoric acid groups is 1. The van der Waals surface area contributed by atoms with Crippen LogP contribution in [0.25, 0.3) is 0 Å². The maximum atomic E-state index is 12.7. The van der Waals surface area contributed by atoms with E-state index in [1.165, 1.54) is 161 Å². The summed E-state index contributed by atoms with van der Waals surface area (Å²) in [6.07, 6.45) is 46.1. The monoisotopic (exact) mass is 875 g/mol. The number of rotatable bonds is 48. The van der Waals surface area contributed by atoms with Crippen molar-refractivity contribution in [1.29, 1.82) is 0 Å². The maximum Gasteiger partial charge on any atom is 0.472 e. The Morgan fingerprint density at radius 2 is 0.817 bits per heavy atom. The lowest BCUT2D eigenvalue weighted by Crippen LogP contribution is -2.29. The number of aliphatic hydroxyl groups excluding tert-OH is 2. The van der Waals surface area contributed by atoms with Crippen molar-refractivity contribution in [1.82, 2.24) is 0 Å². The third kappa shape index (κ3) is 44.8. The molecule has 11 heteroatoms. The topological polar surface area (TPSA) is 149 Å². The van der Waals surface area contributed by atoms with E-state index in [0.29, 0.717) is 12.8 Å². The molecule has 0 aromatic carbocycles. The van der Waals surface area contributed by atoms with Gasteiger partial charge in [0.1, 0.15) is 12.7 Å². The molecule has 0 spiro atoms. The fraction of sp³-hybridized carbons (Fsp3) is 0.918. The summed E-state index contributed by atoms with van der Waals surface area (Å²) >= 11 is 0. The van der Waals surface area contributed by atoms with Gasteiger partial charge in [-0.15, -0.1) is 0 Å². The van der Waals surface area contributed by atoms with E-state index in [4.69, 9.17) is 23.6 Å². The van der Waals surface area contributed by atoms with Crippen LogP contribution >= 0.6 is 7.82 Å². The molecule has 10 nitrogen and oxygen atoms in total. The van der Waals surface area contributed by atoms with Gasteiger partial charge in [-0.1, -0.05) is 212 Å². The number of unbranched alkanes of at least 4 members (excludes halogenated alkanes) is 32. The van der Waals surface area contributed by atoms with Gasteiger partial charge >= 0.3 is 19.8 Å². The van der Waals surface area contributed by atoms with E-state index >= 15 is 0 Å². The molecule has 0 rings (SSSR count). The summed E-state index contributed by atoms with van der Waals surface area (Å²) in [7, 11) is -4.62. The third-order valence-corrected chi connectivity index (χ3v) is 12.1. The minimum Gasteiger partial charge on any atom is -0.462 e. The van der Waals surface area contributed by atoms with Gasteiger partial charge in [0, 0.05) is 12.8 Å². The predicted molar refractivity (Wildman–Crippen MR) is 247 cm³/mol. The predicted octanol–water partition coefficient (Wildman–Crippen LogP) is 14.0. The van der Waals surface area contributed by atoms with Crippen LogP contribution in [0, 0.1) is 0 Å². The lowest BCUT2D eigenvalue weighted by molar-refractivity contribution is -0.161. The van der Waals surface area contributed by atoms with Crippen molar-refractivity contribution < 1.29 is 47.8 Å². The molecular weight excluding hydrogens is 780 g/mol. The smallest absolute Gasteiger partial charge is 0.462 e. The van der Waals surface area contributed by atoms with Gasteiger partial charge in [0.15, 0.2) is 6.10 Å². The van der Waals surface area contributed by atoms with Gasteiger partial charge in [-0.2, -0.15) is 0 Å². The molecule has 0 aliphatic carbocycles. The molecule has 0 heterocycles. The van der Waals surface area contributed by atoms with Gasteiger partial charge in [-0.3, -0.25) is 18.6 Å². The van der Waals surface area contributed by atoms with Crippen LogP contribution in [0.2, 0.25) is 0 Å². The van der Waals surface area contributed by atoms with Crippen LogP contribution in [0.5, 0.6) is 0 Å². The van der Waals surface area contributed by atoms with Crippen LogP contribution in [0.1, 0.15) is 251 Å². The Balaban J connectivity index is 4.12. The minimum absolute atomic E-state index is 0.189. The Morgan fingerprint density at radius 3 is 1.20 bits per heavy atom. The molecule has 3 N–H and O–H groups in total. The summed E-state index contributed by atoms with van der Waals surface area (Å²) in [5.74, 6) is -0.920. The molecule has 0 aromatic rings. The van der Waals surface area contributed by atoms with Crippen LogP contribution < -0.4 is 0 Å². The second-order valence-electron chi connectivity index (χ2n) is 17.2. The molecule has 0 saturated carbocycles. The number of esters is 2. The summed E-state index contributed by atoms with van der Waals surface area (Å²) in [6.45, 7) is 2.41. The molecule has 0 fully saturated rings. The zero-order valence-electron chi connectivity index (χ0n) is 38.9. The Morgan fingerprint density at radius 1 is 0.483 bits per heavy atom. The van der Waals surface area contributed by atoms with Gasteiger partial charge in [-0.25, -0.2) is 4.57 Å². The van der Waals surface area contributed by atoms with Crippen LogP contribution in [0.4, 0.5) is 0 Å². The second-order valence-corrected chi connectivity index (χ2v) is 18.7. The lowest BCUT2D eigenvalue weighted by Gasteiger charge is -2.20. The molecule has 0 aliphatic rings. The summed E-state index contributed by atoms with van der Waals surface area (Å²) in [5.41, 5.74) is 0. The Bertz CT molecular complexity index is 1010. The van der Waals surface area contributed by atoms with E-state index in [-0.39, 0.29) is 19.4 Å². The zero-order chi connectivity index (χ0) is 44.0. The zero-order valence-corrected chi connectivity index (χ0v) is 39.8. The van der Waals surface area contributed by atoms with Gasteiger partial charge in [0.2, 0.25) is 0 Å². The number of aliphatic hydroxyl groups is 2.